The van der Waals surface area contributed by atoms with E-state index in [1.807, 2.05) is 19.1 Å². The smallest absolute Gasteiger partial charge is 0.171 e. The fourth-order valence-corrected chi connectivity index (χ4v) is 3.17. The highest BCUT2D eigenvalue weighted by atomic mass is 35.5. The average Bonchev–Trinajstić information content (AvgIpc) is 2.86. The topological polar surface area (TPSA) is 40.6 Å². The molecule has 0 aromatic carbocycles. The molecule has 1 spiro atoms. The van der Waals surface area contributed by atoms with Crippen LogP contribution >= 0.6 is 11.6 Å². The first-order valence-corrected chi connectivity index (χ1v) is 7.56. The summed E-state index contributed by atoms with van der Waals surface area (Å²) in [6, 6.07) is 3.76. The summed E-state index contributed by atoms with van der Waals surface area (Å²) in [6.45, 7) is 3.95. The summed E-state index contributed by atoms with van der Waals surface area (Å²) in [7, 11) is 0. The molecule has 0 bridgehead atoms. The van der Waals surface area contributed by atoms with Crippen molar-refractivity contribution < 1.29 is 14.2 Å². The fraction of sp³-hybridized carbons (Fsp3) is 0.667. The summed E-state index contributed by atoms with van der Waals surface area (Å²) in [6.07, 6.45) is 4.39. The van der Waals surface area contributed by atoms with Gasteiger partial charge in [-0.3, -0.25) is 0 Å². The molecule has 5 heteroatoms. The maximum absolute atomic E-state index is 6.21. The van der Waals surface area contributed by atoms with Crippen LogP contribution in [-0.2, 0) is 9.47 Å². The number of rotatable bonds is 3. The molecule has 1 aromatic rings. The van der Waals surface area contributed by atoms with Gasteiger partial charge in [-0.05, 0) is 38.3 Å². The summed E-state index contributed by atoms with van der Waals surface area (Å²) in [5.41, 5.74) is 0.819. The van der Waals surface area contributed by atoms with Crippen molar-refractivity contribution >= 4 is 11.6 Å². The molecule has 2 saturated heterocycles. The minimum Gasteiger partial charge on any atom is -0.488 e. The van der Waals surface area contributed by atoms with Gasteiger partial charge in [0.25, 0.3) is 0 Å². The van der Waals surface area contributed by atoms with Gasteiger partial charge in [0.2, 0.25) is 0 Å². The van der Waals surface area contributed by atoms with Crippen LogP contribution in [0.5, 0.6) is 5.75 Å². The van der Waals surface area contributed by atoms with E-state index in [-0.39, 0.29) is 11.7 Å². The molecule has 110 valence electrons. The normalized spacial score (nSPS) is 29.8. The van der Waals surface area contributed by atoms with Crippen LogP contribution in [0.3, 0.4) is 0 Å². The van der Waals surface area contributed by atoms with Crippen LogP contribution in [0.15, 0.2) is 12.1 Å². The van der Waals surface area contributed by atoms with Crippen molar-refractivity contribution in [2.75, 3.05) is 19.8 Å². The van der Waals surface area contributed by atoms with E-state index >= 15 is 0 Å². The predicted octanol–water partition coefficient (Wildman–Crippen LogP) is 3.15. The summed E-state index contributed by atoms with van der Waals surface area (Å²) in [5.74, 6) is 0.628. The zero-order valence-electron chi connectivity index (χ0n) is 11.7. The molecular weight excluding hydrogens is 278 g/mol. The van der Waals surface area contributed by atoms with Crippen LogP contribution in [0.2, 0.25) is 5.15 Å². The summed E-state index contributed by atoms with van der Waals surface area (Å²) in [4.78, 5) is 4.19. The highest BCUT2D eigenvalue weighted by Gasteiger charge is 2.40. The van der Waals surface area contributed by atoms with Crippen LogP contribution in [0.1, 0.15) is 31.4 Å². The number of hydrogen-bond donors (Lipinski definition) is 0. The molecule has 1 aromatic heterocycles. The van der Waals surface area contributed by atoms with E-state index in [2.05, 4.69) is 4.98 Å². The Balaban J connectivity index is 1.58. The molecule has 0 N–H and O–H groups in total. The lowest BCUT2D eigenvalue weighted by Gasteiger charge is -2.37. The second kappa shape index (κ2) is 5.88. The van der Waals surface area contributed by atoms with E-state index in [9.17, 15) is 0 Å². The van der Waals surface area contributed by atoms with Crippen LogP contribution in [-0.4, -0.2) is 36.5 Å². The SMILES string of the molecule is Cc1ccc(OCC2CCCC3(CCOC3)O2)c(Cl)n1. The molecule has 0 radical (unpaired) electrons. The monoisotopic (exact) mass is 297 g/mol. The zero-order valence-corrected chi connectivity index (χ0v) is 12.5. The van der Waals surface area contributed by atoms with Gasteiger partial charge in [-0.2, -0.15) is 0 Å². The molecule has 3 rings (SSSR count). The number of halogens is 1. The fourth-order valence-electron chi connectivity index (χ4n) is 2.92. The van der Waals surface area contributed by atoms with Crippen molar-refractivity contribution in [1.82, 2.24) is 4.98 Å². The van der Waals surface area contributed by atoms with Gasteiger partial charge in [0.1, 0.15) is 6.61 Å². The molecule has 0 amide bonds. The Hall–Kier alpha value is -0.840. The molecule has 2 aliphatic heterocycles. The van der Waals surface area contributed by atoms with Gasteiger partial charge in [0, 0.05) is 18.7 Å². The maximum Gasteiger partial charge on any atom is 0.171 e. The standard InChI is InChI=1S/C15H20ClNO3/c1-11-4-5-13(14(16)17-11)19-9-12-3-2-6-15(20-12)7-8-18-10-15/h4-5,12H,2-3,6-10H2,1H3. The Labute approximate surface area is 124 Å². The number of aromatic nitrogens is 1. The highest BCUT2D eigenvalue weighted by molar-refractivity contribution is 6.30. The van der Waals surface area contributed by atoms with Gasteiger partial charge in [0.05, 0.1) is 18.3 Å². The van der Waals surface area contributed by atoms with E-state index < -0.39 is 0 Å². The lowest BCUT2D eigenvalue weighted by atomic mass is 9.91. The van der Waals surface area contributed by atoms with Crippen molar-refractivity contribution in [3.8, 4) is 5.75 Å². The molecule has 0 saturated carbocycles. The average molecular weight is 298 g/mol. The number of ether oxygens (including phenoxy) is 3. The lowest BCUT2D eigenvalue weighted by molar-refractivity contribution is -0.138. The largest absolute Gasteiger partial charge is 0.488 e. The third-order valence-corrected chi connectivity index (χ3v) is 4.29. The minimum absolute atomic E-state index is 0.0679. The van der Waals surface area contributed by atoms with E-state index in [1.165, 1.54) is 0 Å². The zero-order chi connectivity index (χ0) is 14.0. The second-order valence-corrected chi connectivity index (χ2v) is 6.03. The molecular formula is C15H20ClNO3. The van der Waals surface area contributed by atoms with Gasteiger partial charge in [-0.25, -0.2) is 4.98 Å². The third-order valence-electron chi connectivity index (χ3n) is 4.02. The summed E-state index contributed by atoms with van der Waals surface area (Å²) >= 11 is 6.07. The Kier molecular flexibility index (Phi) is 4.15. The van der Waals surface area contributed by atoms with Crippen molar-refractivity contribution in [2.24, 2.45) is 0 Å². The second-order valence-electron chi connectivity index (χ2n) is 5.67. The Morgan fingerprint density at radius 3 is 3.10 bits per heavy atom. The Morgan fingerprint density at radius 1 is 1.45 bits per heavy atom. The van der Waals surface area contributed by atoms with E-state index in [0.717, 1.165) is 44.6 Å². The van der Waals surface area contributed by atoms with Gasteiger partial charge < -0.3 is 14.2 Å². The van der Waals surface area contributed by atoms with E-state index in [4.69, 9.17) is 25.8 Å². The first-order valence-electron chi connectivity index (χ1n) is 7.18. The molecule has 20 heavy (non-hydrogen) atoms. The van der Waals surface area contributed by atoms with Crippen molar-refractivity contribution in [3.05, 3.63) is 23.0 Å². The molecule has 2 unspecified atom stereocenters. The van der Waals surface area contributed by atoms with Crippen molar-refractivity contribution in [1.29, 1.82) is 0 Å². The van der Waals surface area contributed by atoms with Crippen LogP contribution in [0, 0.1) is 6.92 Å². The Bertz CT molecular complexity index is 474. The predicted molar refractivity (Wildman–Crippen MR) is 76.4 cm³/mol. The minimum atomic E-state index is -0.0679. The van der Waals surface area contributed by atoms with E-state index in [1.54, 1.807) is 0 Å². The first-order chi connectivity index (χ1) is 9.67. The first kappa shape index (κ1) is 14.1. The third kappa shape index (κ3) is 3.08. The number of aryl methyl sites for hydroxylation is 1. The molecule has 4 nitrogen and oxygen atoms in total. The van der Waals surface area contributed by atoms with Crippen LogP contribution in [0.4, 0.5) is 0 Å². The van der Waals surface area contributed by atoms with E-state index in [0.29, 0.717) is 17.5 Å². The Morgan fingerprint density at radius 2 is 2.35 bits per heavy atom. The van der Waals surface area contributed by atoms with Crippen LogP contribution in [0.25, 0.3) is 0 Å². The molecule has 0 aliphatic carbocycles. The molecule has 3 heterocycles. The van der Waals surface area contributed by atoms with Gasteiger partial charge >= 0.3 is 0 Å². The lowest BCUT2D eigenvalue weighted by Crippen LogP contribution is -2.43. The quantitative estimate of drug-likeness (QED) is 0.804. The molecule has 2 aliphatic rings. The molecule has 2 fully saturated rings. The maximum atomic E-state index is 6.21. The van der Waals surface area contributed by atoms with Crippen molar-refractivity contribution in [2.45, 2.75) is 44.3 Å². The summed E-state index contributed by atoms with van der Waals surface area (Å²) < 4.78 is 17.5. The highest BCUT2D eigenvalue weighted by Crippen LogP contribution is 2.35. The van der Waals surface area contributed by atoms with Gasteiger partial charge in [-0.1, -0.05) is 11.6 Å². The van der Waals surface area contributed by atoms with Gasteiger partial charge in [-0.15, -0.1) is 0 Å². The number of pyridine rings is 1. The summed E-state index contributed by atoms with van der Waals surface area (Å²) in [5, 5.41) is 0.416. The van der Waals surface area contributed by atoms with Crippen molar-refractivity contribution in [3.63, 3.8) is 0 Å². The number of hydrogen-bond acceptors (Lipinski definition) is 4. The van der Waals surface area contributed by atoms with Crippen LogP contribution < -0.4 is 4.74 Å². The number of nitrogens with zero attached hydrogens (tertiary/aromatic N) is 1. The molecule has 2 atom stereocenters. The van der Waals surface area contributed by atoms with Gasteiger partial charge in [0.15, 0.2) is 10.9 Å².